The van der Waals surface area contributed by atoms with Crippen molar-refractivity contribution >= 4 is 35.4 Å². The zero-order valence-corrected chi connectivity index (χ0v) is 15.9. The zero-order chi connectivity index (χ0) is 19.2. The fourth-order valence-corrected chi connectivity index (χ4v) is 3.13. The molecule has 0 aliphatic carbocycles. The van der Waals surface area contributed by atoms with Gasteiger partial charge in [-0.1, -0.05) is 41.9 Å². The first-order valence-electron chi connectivity index (χ1n) is 7.99. The molecule has 27 heavy (non-hydrogen) atoms. The Kier molecular flexibility index (Phi) is 6.16. The summed E-state index contributed by atoms with van der Waals surface area (Å²) in [5.74, 6) is 0.255. The fraction of sp³-hybridized carbons (Fsp3) is 0.105. The lowest BCUT2D eigenvalue weighted by Gasteiger charge is -2.08. The van der Waals surface area contributed by atoms with Crippen LogP contribution in [0.3, 0.4) is 0 Å². The summed E-state index contributed by atoms with van der Waals surface area (Å²) < 4.78 is 5.73. The van der Waals surface area contributed by atoms with Gasteiger partial charge < -0.3 is 9.84 Å². The van der Waals surface area contributed by atoms with Crippen molar-refractivity contribution in [1.29, 1.82) is 0 Å². The van der Waals surface area contributed by atoms with Crippen LogP contribution in [0, 0.1) is 6.92 Å². The summed E-state index contributed by atoms with van der Waals surface area (Å²) in [4.78, 5) is 15.7. The molecule has 0 aliphatic rings. The summed E-state index contributed by atoms with van der Waals surface area (Å²) in [5, 5.41) is 17.1. The molecule has 6 nitrogen and oxygen atoms in total. The number of benzene rings is 2. The van der Waals surface area contributed by atoms with Crippen molar-refractivity contribution in [2.45, 2.75) is 18.7 Å². The first-order chi connectivity index (χ1) is 13.0. The van der Waals surface area contributed by atoms with Gasteiger partial charge in [0, 0.05) is 10.6 Å². The normalized spacial score (nSPS) is 11.4. The van der Waals surface area contributed by atoms with E-state index in [1.807, 2.05) is 24.3 Å². The molecule has 0 atom stereocenters. The van der Waals surface area contributed by atoms with Crippen molar-refractivity contribution in [3.05, 3.63) is 75.4 Å². The van der Waals surface area contributed by atoms with Crippen LogP contribution in [0.15, 0.2) is 58.6 Å². The number of hydrogen-bond donors (Lipinski definition) is 2. The highest BCUT2D eigenvalue weighted by atomic mass is 35.5. The summed E-state index contributed by atoms with van der Waals surface area (Å²) in [7, 11) is 0. The van der Waals surface area contributed by atoms with Gasteiger partial charge in [-0.25, -0.2) is 9.78 Å². The number of carboxylic acids is 1. The second-order valence-electron chi connectivity index (χ2n) is 5.57. The van der Waals surface area contributed by atoms with Crippen molar-refractivity contribution in [3.8, 4) is 5.75 Å². The lowest BCUT2D eigenvalue weighted by atomic mass is 10.2. The highest BCUT2D eigenvalue weighted by molar-refractivity contribution is 8.04. The molecule has 0 fully saturated rings. The topological polar surface area (TPSA) is 88.1 Å². The summed E-state index contributed by atoms with van der Waals surface area (Å²) in [6, 6.07) is 14.6. The van der Waals surface area contributed by atoms with Crippen LogP contribution in [0.2, 0.25) is 5.02 Å². The number of aromatic amines is 1. The molecule has 8 heteroatoms. The van der Waals surface area contributed by atoms with E-state index < -0.39 is 5.97 Å². The van der Waals surface area contributed by atoms with Crippen molar-refractivity contribution in [3.63, 3.8) is 0 Å². The predicted octanol–water partition coefficient (Wildman–Crippen LogP) is 4.56. The molecule has 2 N–H and O–H groups in total. The van der Waals surface area contributed by atoms with Gasteiger partial charge in [0.15, 0.2) is 0 Å². The lowest BCUT2D eigenvalue weighted by molar-refractivity contribution is -0.131. The van der Waals surface area contributed by atoms with Gasteiger partial charge in [0.25, 0.3) is 0 Å². The van der Waals surface area contributed by atoms with Crippen LogP contribution in [0.4, 0.5) is 0 Å². The molecule has 0 unspecified atom stereocenters. The summed E-state index contributed by atoms with van der Waals surface area (Å²) in [6.07, 6.45) is 1.57. The second kappa shape index (κ2) is 8.75. The standard InChI is InChI=1S/C19H16ClN3O3S/c1-12-21-19(23-22-12)27-17(18(24)25)10-13-6-8-15(9-7-13)26-11-14-4-2-3-5-16(14)20/h2-10H,11H2,1H3,(H,24,25)(H,21,22,23). The molecule has 1 aromatic heterocycles. The number of aryl methyl sites for hydroxylation is 1. The van der Waals surface area contributed by atoms with Gasteiger partial charge in [-0.15, -0.1) is 5.10 Å². The number of thioether (sulfide) groups is 1. The summed E-state index contributed by atoms with van der Waals surface area (Å²) in [6.45, 7) is 2.11. The largest absolute Gasteiger partial charge is 0.489 e. The maximum atomic E-state index is 11.5. The fourth-order valence-electron chi connectivity index (χ4n) is 2.19. The Bertz CT molecular complexity index is 970. The molecule has 0 aliphatic heterocycles. The van der Waals surface area contributed by atoms with E-state index in [1.54, 1.807) is 37.3 Å². The van der Waals surface area contributed by atoms with E-state index in [1.165, 1.54) is 0 Å². The number of carbonyl (C=O) groups is 1. The van der Waals surface area contributed by atoms with Crippen LogP contribution in [0.25, 0.3) is 6.08 Å². The first-order valence-corrected chi connectivity index (χ1v) is 9.19. The zero-order valence-electron chi connectivity index (χ0n) is 14.3. The Morgan fingerprint density at radius 2 is 2.00 bits per heavy atom. The Morgan fingerprint density at radius 3 is 2.63 bits per heavy atom. The van der Waals surface area contributed by atoms with Crippen LogP contribution in [0.5, 0.6) is 5.75 Å². The van der Waals surface area contributed by atoms with Gasteiger partial charge in [-0.2, -0.15) is 0 Å². The Labute approximate surface area is 165 Å². The number of aromatic nitrogens is 3. The minimum absolute atomic E-state index is 0.124. The minimum atomic E-state index is -1.04. The number of aliphatic carboxylic acids is 1. The molecular weight excluding hydrogens is 386 g/mol. The van der Waals surface area contributed by atoms with Crippen molar-refractivity contribution < 1.29 is 14.6 Å². The highest BCUT2D eigenvalue weighted by Crippen LogP contribution is 2.26. The average Bonchev–Trinajstić information content (AvgIpc) is 3.06. The molecule has 0 bridgehead atoms. The molecule has 0 amide bonds. The molecule has 2 aromatic carbocycles. The first kappa shape index (κ1) is 19.0. The Hall–Kier alpha value is -2.77. The number of carboxylic acid groups (broad SMARTS) is 1. The number of nitrogens with zero attached hydrogens (tertiary/aromatic N) is 2. The van der Waals surface area contributed by atoms with Gasteiger partial charge in [-0.05, 0) is 48.5 Å². The lowest BCUT2D eigenvalue weighted by Crippen LogP contribution is -1.98. The van der Waals surface area contributed by atoms with Crippen LogP contribution >= 0.6 is 23.4 Å². The molecule has 3 rings (SSSR count). The van der Waals surface area contributed by atoms with Crippen molar-refractivity contribution in [1.82, 2.24) is 15.2 Å². The summed E-state index contributed by atoms with van der Waals surface area (Å²) in [5.41, 5.74) is 1.63. The third-order valence-electron chi connectivity index (χ3n) is 3.52. The number of rotatable bonds is 7. The average molecular weight is 402 g/mol. The Balaban J connectivity index is 1.68. The number of ether oxygens (including phenoxy) is 1. The number of halogens is 1. The van der Waals surface area contributed by atoms with E-state index in [-0.39, 0.29) is 4.91 Å². The van der Waals surface area contributed by atoms with E-state index in [0.717, 1.165) is 22.9 Å². The monoisotopic (exact) mass is 401 g/mol. The number of nitrogens with one attached hydrogen (secondary N) is 1. The van der Waals surface area contributed by atoms with Gasteiger partial charge in [0.2, 0.25) is 5.16 Å². The summed E-state index contributed by atoms with van der Waals surface area (Å²) >= 11 is 7.10. The van der Waals surface area contributed by atoms with E-state index in [0.29, 0.717) is 28.4 Å². The molecule has 0 saturated heterocycles. The van der Waals surface area contributed by atoms with Gasteiger partial charge in [0.1, 0.15) is 23.1 Å². The van der Waals surface area contributed by atoms with Crippen molar-refractivity contribution in [2.24, 2.45) is 0 Å². The van der Waals surface area contributed by atoms with E-state index >= 15 is 0 Å². The van der Waals surface area contributed by atoms with Gasteiger partial charge in [-0.3, -0.25) is 5.10 Å². The number of hydrogen-bond acceptors (Lipinski definition) is 5. The van der Waals surface area contributed by atoms with Gasteiger partial charge in [0.05, 0.1) is 0 Å². The predicted molar refractivity (Wildman–Crippen MR) is 105 cm³/mol. The van der Waals surface area contributed by atoms with Gasteiger partial charge >= 0.3 is 5.97 Å². The maximum Gasteiger partial charge on any atom is 0.342 e. The second-order valence-corrected chi connectivity index (χ2v) is 6.98. The highest BCUT2D eigenvalue weighted by Gasteiger charge is 2.13. The number of H-pyrrole nitrogens is 1. The van der Waals surface area contributed by atoms with Crippen LogP contribution in [-0.4, -0.2) is 26.3 Å². The van der Waals surface area contributed by atoms with Crippen molar-refractivity contribution in [2.75, 3.05) is 0 Å². The molecule has 138 valence electrons. The SMILES string of the molecule is Cc1nc(SC(=Cc2ccc(OCc3ccccc3Cl)cc2)C(=O)O)n[nH]1. The van der Waals surface area contributed by atoms with E-state index in [2.05, 4.69) is 15.2 Å². The molecule has 0 spiro atoms. The molecule has 0 radical (unpaired) electrons. The van der Waals surface area contributed by atoms with E-state index in [4.69, 9.17) is 16.3 Å². The molecule has 3 aromatic rings. The van der Waals surface area contributed by atoms with Crippen LogP contribution < -0.4 is 4.74 Å². The molecule has 1 heterocycles. The molecule has 0 saturated carbocycles. The van der Waals surface area contributed by atoms with Crippen LogP contribution in [0.1, 0.15) is 17.0 Å². The Morgan fingerprint density at radius 1 is 1.26 bits per heavy atom. The quantitative estimate of drug-likeness (QED) is 0.445. The smallest absolute Gasteiger partial charge is 0.342 e. The minimum Gasteiger partial charge on any atom is -0.489 e. The van der Waals surface area contributed by atoms with E-state index in [9.17, 15) is 9.90 Å². The third kappa shape index (κ3) is 5.35. The maximum absolute atomic E-state index is 11.5. The third-order valence-corrected chi connectivity index (χ3v) is 4.77. The van der Waals surface area contributed by atoms with Crippen LogP contribution in [-0.2, 0) is 11.4 Å². The molecular formula is C19H16ClN3O3S.